The molecule has 158 valence electrons. The molecule has 0 bridgehead atoms. The van der Waals surface area contributed by atoms with Gasteiger partial charge in [-0.2, -0.15) is 0 Å². The van der Waals surface area contributed by atoms with Gasteiger partial charge >= 0.3 is 5.97 Å². The highest BCUT2D eigenvalue weighted by Crippen LogP contribution is 2.20. The average molecular weight is 419 g/mol. The number of nitrogens with two attached hydrogens (primary N) is 1. The number of rotatable bonds is 8. The monoisotopic (exact) mass is 419 g/mol. The Hall–Kier alpha value is -4.20. The van der Waals surface area contributed by atoms with Gasteiger partial charge in [-0.3, -0.25) is 14.9 Å². The molecule has 0 unspecified atom stereocenters. The van der Waals surface area contributed by atoms with Crippen molar-refractivity contribution in [1.82, 2.24) is 4.90 Å². The van der Waals surface area contributed by atoms with Crippen LogP contribution in [0.1, 0.15) is 21.5 Å². The molecule has 3 rings (SSSR count). The maximum absolute atomic E-state index is 12.8. The fraction of sp³-hybridized carbons (Fsp3) is 0.130. The summed E-state index contributed by atoms with van der Waals surface area (Å²) in [5.41, 5.74) is 7.26. The highest BCUT2D eigenvalue weighted by atomic mass is 16.6. The lowest BCUT2D eigenvalue weighted by Crippen LogP contribution is -2.34. The van der Waals surface area contributed by atoms with Crippen LogP contribution in [0.5, 0.6) is 0 Å². The van der Waals surface area contributed by atoms with E-state index in [2.05, 4.69) is 0 Å². The molecule has 2 N–H and O–H groups in total. The molecule has 0 fully saturated rings. The number of hydrogen-bond donors (Lipinski definition) is 1. The van der Waals surface area contributed by atoms with E-state index in [9.17, 15) is 19.7 Å². The van der Waals surface area contributed by atoms with E-state index in [4.69, 9.17) is 10.5 Å². The number of benzene rings is 3. The fourth-order valence-electron chi connectivity index (χ4n) is 2.99. The molecule has 31 heavy (non-hydrogen) atoms. The number of hydrogen-bond acceptors (Lipinski definition) is 6. The van der Waals surface area contributed by atoms with Crippen LogP contribution in [0.2, 0.25) is 0 Å². The molecule has 8 nitrogen and oxygen atoms in total. The van der Waals surface area contributed by atoms with Crippen molar-refractivity contribution in [3.63, 3.8) is 0 Å². The van der Waals surface area contributed by atoms with Crippen LogP contribution in [0.15, 0.2) is 78.9 Å². The normalized spacial score (nSPS) is 10.3. The predicted octanol–water partition coefficient (Wildman–Crippen LogP) is 3.56. The number of nitro benzene ring substituents is 1. The van der Waals surface area contributed by atoms with Gasteiger partial charge in [-0.25, -0.2) is 4.79 Å². The fourth-order valence-corrected chi connectivity index (χ4v) is 2.99. The van der Waals surface area contributed by atoms with E-state index in [1.807, 2.05) is 60.7 Å². The number of nitrogens with zero attached hydrogens (tertiary/aromatic N) is 2. The summed E-state index contributed by atoms with van der Waals surface area (Å²) in [5.74, 6) is -1.19. The standard InChI is InChI=1S/C23H21N3O5/c24-21-13-19(26(29)30)11-12-20(21)23(28)31-16-22(27)25(14-17-7-3-1-4-8-17)15-18-9-5-2-6-10-18/h1-13H,14-16,24H2. The van der Waals surface area contributed by atoms with Crippen molar-refractivity contribution in [1.29, 1.82) is 0 Å². The molecule has 0 saturated carbocycles. The van der Waals surface area contributed by atoms with Crippen LogP contribution in [0.3, 0.4) is 0 Å². The summed E-state index contributed by atoms with van der Waals surface area (Å²) in [7, 11) is 0. The van der Waals surface area contributed by atoms with Gasteiger partial charge in [-0.1, -0.05) is 60.7 Å². The van der Waals surface area contributed by atoms with E-state index in [1.165, 1.54) is 6.07 Å². The third-order valence-corrected chi connectivity index (χ3v) is 4.58. The lowest BCUT2D eigenvalue weighted by Gasteiger charge is -2.23. The SMILES string of the molecule is Nc1cc([N+](=O)[O-])ccc1C(=O)OCC(=O)N(Cc1ccccc1)Cc1ccccc1. The molecule has 0 atom stereocenters. The summed E-state index contributed by atoms with van der Waals surface area (Å²) in [6.45, 7) is 0.229. The van der Waals surface area contributed by atoms with Crippen molar-refractivity contribution >= 4 is 23.3 Å². The first-order chi connectivity index (χ1) is 14.9. The Balaban J connectivity index is 1.69. The number of nitro groups is 1. The molecule has 0 aliphatic rings. The summed E-state index contributed by atoms with van der Waals surface area (Å²) in [6.07, 6.45) is 0. The molecule has 0 aliphatic carbocycles. The first-order valence-electron chi connectivity index (χ1n) is 9.50. The van der Waals surface area contributed by atoms with Gasteiger partial charge in [0.1, 0.15) is 0 Å². The third kappa shape index (κ3) is 5.89. The summed E-state index contributed by atoms with van der Waals surface area (Å²) in [6, 6.07) is 22.4. The van der Waals surface area contributed by atoms with E-state index in [1.54, 1.807) is 4.90 Å². The number of carbonyl (C=O) groups excluding carboxylic acids is 2. The van der Waals surface area contributed by atoms with Crippen LogP contribution in [0.4, 0.5) is 11.4 Å². The first-order valence-corrected chi connectivity index (χ1v) is 9.50. The minimum absolute atomic E-state index is 0.0314. The van der Waals surface area contributed by atoms with Gasteiger partial charge in [-0.05, 0) is 17.2 Å². The summed E-state index contributed by atoms with van der Waals surface area (Å²) in [4.78, 5) is 37.0. The van der Waals surface area contributed by atoms with Gasteiger partial charge in [0.2, 0.25) is 0 Å². The number of non-ortho nitro benzene ring substituents is 1. The Labute approximate surface area is 179 Å². The number of esters is 1. The lowest BCUT2D eigenvalue weighted by atomic mass is 10.1. The topological polar surface area (TPSA) is 116 Å². The lowest BCUT2D eigenvalue weighted by molar-refractivity contribution is -0.384. The molecule has 0 aromatic heterocycles. The highest BCUT2D eigenvalue weighted by molar-refractivity contribution is 5.96. The van der Waals surface area contributed by atoms with Gasteiger partial charge in [0.15, 0.2) is 6.61 Å². The Morgan fingerprint density at radius 3 is 1.94 bits per heavy atom. The average Bonchev–Trinajstić information content (AvgIpc) is 2.78. The van der Waals surface area contributed by atoms with E-state index in [-0.39, 0.29) is 22.8 Å². The second-order valence-corrected chi connectivity index (χ2v) is 6.83. The van der Waals surface area contributed by atoms with Crippen LogP contribution in [0.25, 0.3) is 0 Å². The van der Waals surface area contributed by atoms with Crippen LogP contribution >= 0.6 is 0 Å². The number of anilines is 1. The molecule has 3 aromatic carbocycles. The number of carbonyl (C=O) groups is 2. The zero-order valence-corrected chi connectivity index (χ0v) is 16.6. The Morgan fingerprint density at radius 2 is 1.45 bits per heavy atom. The van der Waals surface area contributed by atoms with Crippen LogP contribution in [-0.4, -0.2) is 28.3 Å². The number of ether oxygens (including phenoxy) is 1. The van der Waals surface area contributed by atoms with Crippen molar-refractivity contribution in [2.75, 3.05) is 12.3 Å². The maximum Gasteiger partial charge on any atom is 0.340 e. The Morgan fingerprint density at radius 1 is 0.903 bits per heavy atom. The molecule has 1 amide bonds. The van der Waals surface area contributed by atoms with Crippen molar-refractivity contribution in [3.05, 3.63) is 106 Å². The Bertz CT molecular complexity index is 1030. The predicted molar refractivity (Wildman–Crippen MR) is 115 cm³/mol. The largest absolute Gasteiger partial charge is 0.452 e. The van der Waals surface area contributed by atoms with Gasteiger partial charge in [0.25, 0.3) is 11.6 Å². The molecule has 0 aliphatic heterocycles. The second kappa shape index (κ2) is 10.0. The van der Waals surface area contributed by atoms with Crippen molar-refractivity contribution in [2.45, 2.75) is 13.1 Å². The molecule has 3 aromatic rings. The second-order valence-electron chi connectivity index (χ2n) is 6.83. The van der Waals surface area contributed by atoms with Gasteiger partial charge in [-0.15, -0.1) is 0 Å². The molecule has 0 heterocycles. The van der Waals surface area contributed by atoms with Gasteiger partial charge in [0, 0.05) is 25.2 Å². The quantitative estimate of drug-likeness (QED) is 0.258. The molecule has 0 radical (unpaired) electrons. The zero-order valence-electron chi connectivity index (χ0n) is 16.6. The maximum atomic E-state index is 12.8. The first kappa shape index (κ1) is 21.5. The minimum Gasteiger partial charge on any atom is -0.452 e. The van der Waals surface area contributed by atoms with Crippen LogP contribution in [-0.2, 0) is 22.6 Å². The molecule has 0 spiro atoms. The molecule has 0 saturated heterocycles. The van der Waals surface area contributed by atoms with Crippen molar-refractivity contribution < 1.29 is 19.2 Å². The number of nitrogen functional groups attached to an aromatic ring is 1. The van der Waals surface area contributed by atoms with Gasteiger partial charge < -0.3 is 15.4 Å². The van der Waals surface area contributed by atoms with E-state index < -0.39 is 17.5 Å². The molecule has 8 heteroatoms. The summed E-state index contributed by atoms with van der Waals surface area (Å²) < 4.78 is 5.15. The smallest absolute Gasteiger partial charge is 0.340 e. The molecular formula is C23H21N3O5. The van der Waals surface area contributed by atoms with Crippen LogP contribution < -0.4 is 5.73 Å². The van der Waals surface area contributed by atoms with E-state index >= 15 is 0 Å². The van der Waals surface area contributed by atoms with Crippen molar-refractivity contribution in [3.8, 4) is 0 Å². The number of amides is 1. The minimum atomic E-state index is -0.819. The van der Waals surface area contributed by atoms with Gasteiger partial charge in [0.05, 0.1) is 16.2 Å². The summed E-state index contributed by atoms with van der Waals surface area (Å²) >= 11 is 0. The highest BCUT2D eigenvalue weighted by Gasteiger charge is 2.20. The van der Waals surface area contributed by atoms with E-state index in [0.717, 1.165) is 23.3 Å². The summed E-state index contributed by atoms with van der Waals surface area (Å²) in [5, 5.41) is 10.8. The van der Waals surface area contributed by atoms with Crippen molar-refractivity contribution in [2.24, 2.45) is 0 Å². The van der Waals surface area contributed by atoms with E-state index in [0.29, 0.717) is 13.1 Å². The zero-order chi connectivity index (χ0) is 22.2. The molecular weight excluding hydrogens is 398 g/mol. The Kier molecular flexibility index (Phi) is 6.95. The third-order valence-electron chi connectivity index (χ3n) is 4.58. The van der Waals surface area contributed by atoms with Crippen LogP contribution in [0, 0.1) is 10.1 Å².